The van der Waals surface area contributed by atoms with Crippen molar-refractivity contribution in [3.63, 3.8) is 0 Å². The molecule has 2 atom stereocenters. The number of amides is 1. The average Bonchev–Trinajstić information content (AvgIpc) is 2.47. The summed E-state index contributed by atoms with van der Waals surface area (Å²) in [7, 11) is 0. The molecule has 128 valence electrons. The van der Waals surface area contributed by atoms with Gasteiger partial charge in [0.15, 0.2) is 5.12 Å². The fourth-order valence-electron chi connectivity index (χ4n) is 1.61. The van der Waals surface area contributed by atoms with Crippen molar-refractivity contribution in [2.75, 3.05) is 12.0 Å². The summed E-state index contributed by atoms with van der Waals surface area (Å²) in [4.78, 5) is 48.3. The molecule has 0 aromatic carbocycles. The number of Topliss-reactive ketones (excluding diaryl/α,β-unsaturated/α-hetero) is 1. The highest BCUT2D eigenvalue weighted by Crippen LogP contribution is 2.18. The first-order valence-corrected chi connectivity index (χ1v) is 8.98. The van der Waals surface area contributed by atoms with Crippen molar-refractivity contribution in [1.29, 1.82) is 0 Å². The van der Waals surface area contributed by atoms with Crippen molar-refractivity contribution in [3.8, 4) is 0 Å². The molecule has 2 unspecified atom stereocenters. The largest absolute Gasteiger partial charge is 0.480 e. The molecule has 0 saturated carbocycles. The minimum atomic E-state index is -1.27. The summed E-state index contributed by atoms with van der Waals surface area (Å²) in [6.07, 6.45) is 2.65. The summed E-state index contributed by atoms with van der Waals surface area (Å²) in [5.74, 6) is -1.72. The predicted octanol–water partition coefficient (Wildman–Crippen LogP) is 0.607. The van der Waals surface area contributed by atoms with Crippen LogP contribution in [-0.2, 0) is 19.2 Å². The van der Waals surface area contributed by atoms with Crippen LogP contribution in [0.3, 0.4) is 0 Å². The number of hydrogen-bond donors (Lipinski definition) is 2. The topological polar surface area (TPSA) is 137 Å². The van der Waals surface area contributed by atoms with Gasteiger partial charge < -0.3 is 16.0 Å². The average molecular weight is 361 g/mol. The molecule has 0 fully saturated rings. The summed E-state index contributed by atoms with van der Waals surface area (Å²) in [5, 5.41) is 10.6. The van der Waals surface area contributed by atoms with E-state index >= 15 is 0 Å². The monoisotopic (exact) mass is 361 g/mol. The molecule has 0 heterocycles. The maximum absolute atomic E-state index is 12.2. The van der Waals surface area contributed by atoms with Gasteiger partial charge in [0.1, 0.15) is 6.04 Å². The Kier molecular flexibility index (Phi) is 11.0. The van der Waals surface area contributed by atoms with E-state index in [9.17, 15) is 19.2 Å². The van der Waals surface area contributed by atoms with E-state index in [-0.39, 0.29) is 18.0 Å². The van der Waals surface area contributed by atoms with Gasteiger partial charge >= 0.3 is 12.2 Å². The molecule has 0 aliphatic carbocycles. The summed E-state index contributed by atoms with van der Waals surface area (Å²) in [6.45, 7) is 1.34. The van der Waals surface area contributed by atoms with E-state index in [2.05, 4.69) is 10.1 Å². The molecule has 0 saturated heterocycles. The SMILES string of the molecule is CSCCC(SC(C)=O)C(=O)NC(CCC(=O)C=[N+]=[N-])C(=O)O. The quantitative estimate of drug-likeness (QED) is 0.312. The van der Waals surface area contributed by atoms with Gasteiger partial charge in [-0.15, -0.1) is 0 Å². The van der Waals surface area contributed by atoms with E-state index in [0.29, 0.717) is 18.4 Å². The fraction of sp³-hybridized carbons (Fsp3) is 0.615. The fourth-order valence-corrected chi connectivity index (χ4v) is 3.04. The molecule has 0 radical (unpaired) electrons. The van der Waals surface area contributed by atoms with Gasteiger partial charge in [-0.3, -0.25) is 14.4 Å². The Morgan fingerprint density at radius 1 is 1.30 bits per heavy atom. The van der Waals surface area contributed by atoms with Crippen LogP contribution in [0.4, 0.5) is 0 Å². The predicted molar refractivity (Wildman–Crippen MR) is 88.5 cm³/mol. The van der Waals surface area contributed by atoms with E-state index in [1.54, 1.807) is 0 Å². The molecule has 0 aromatic heterocycles. The normalized spacial score (nSPS) is 12.6. The van der Waals surface area contributed by atoms with Crippen LogP contribution in [0.1, 0.15) is 26.2 Å². The number of carbonyl (C=O) groups is 4. The summed E-state index contributed by atoms with van der Waals surface area (Å²) in [5.41, 5.74) is 8.22. The van der Waals surface area contributed by atoms with Crippen molar-refractivity contribution in [2.45, 2.75) is 37.5 Å². The Balaban J connectivity index is 4.77. The van der Waals surface area contributed by atoms with E-state index < -0.39 is 29.0 Å². The second-order valence-electron chi connectivity index (χ2n) is 4.53. The standard InChI is InChI=1S/C13H19N3O5S2/c1-8(17)23-11(5-6-22-2)12(19)16-10(13(20)21)4-3-9(18)7-15-14/h7,10-11H,3-6H2,1-2H3,(H,16,19)(H,20,21). The summed E-state index contributed by atoms with van der Waals surface area (Å²) >= 11 is 2.37. The van der Waals surface area contributed by atoms with E-state index in [0.717, 1.165) is 11.8 Å². The second-order valence-corrected chi connectivity index (χ2v) is 6.89. The zero-order valence-corrected chi connectivity index (χ0v) is 14.5. The van der Waals surface area contributed by atoms with E-state index in [1.807, 2.05) is 6.26 Å². The van der Waals surface area contributed by atoms with Gasteiger partial charge in [-0.05, 0) is 24.9 Å². The van der Waals surface area contributed by atoms with Gasteiger partial charge in [0.05, 0.1) is 5.25 Å². The van der Waals surface area contributed by atoms with Gasteiger partial charge in [0, 0.05) is 13.3 Å². The number of nitrogens with zero attached hydrogens (tertiary/aromatic N) is 2. The first-order valence-electron chi connectivity index (χ1n) is 6.71. The number of thioether (sulfide) groups is 2. The number of carbonyl (C=O) groups excluding carboxylic acids is 3. The van der Waals surface area contributed by atoms with Gasteiger partial charge in [-0.2, -0.15) is 16.6 Å². The molecule has 0 aliphatic rings. The molecule has 1 amide bonds. The number of carboxylic acid groups (broad SMARTS) is 1. The van der Waals surface area contributed by atoms with Crippen molar-refractivity contribution in [2.24, 2.45) is 0 Å². The molecule has 0 spiro atoms. The third-order valence-corrected chi connectivity index (χ3v) is 4.39. The highest BCUT2D eigenvalue weighted by atomic mass is 32.2. The van der Waals surface area contributed by atoms with Crippen molar-refractivity contribution in [1.82, 2.24) is 5.32 Å². The van der Waals surface area contributed by atoms with Crippen LogP contribution < -0.4 is 5.32 Å². The minimum Gasteiger partial charge on any atom is -0.480 e. The molecular formula is C13H19N3O5S2. The molecular weight excluding hydrogens is 342 g/mol. The van der Waals surface area contributed by atoms with Gasteiger partial charge in [0.2, 0.25) is 11.7 Å². The Morgan fingerprint density at radius 2 is 1.96 bits per heavy atom. The van der Waals surface area contributed by atoms with Gasteiger partial charge in [-0.1, -0.05) is 11.8 Å². The van der Waals surface area contributed by atoms with Crippen LogP contribution >= 0.6 is 23.5 Å². The van der Waals surface area contributed by atoms with Crippen LogP contribution in [0.2, 0.25) is 0 Å². The Labute approximate surface area is 142 Å². The van der Waals surface area contributed by atoms with Crippen molar-refractivity contribution >= 4 is 52.5 Å². The molecule has 10 heteroatoms. The second kappa shape index (κ2) is 11.9. The van der Waals surface area contributed by atoms with Crippen LogP contribution in [-0.4, -0.2) is 62.2 Å². The van der Waals surface area contributed by atoms with Crippen LogP contribution in [0.15, 0.2) is 0 Å². The lowest BCUT2D eigenvalue weighted by Crippen LogP contribution is -2.45. The Bertz CT molecular complexity index is 506. The lowest BCUT2D eigenvalue weighted by molar-refractivity contribution is -0.142. The maximum Gasteiger partial charge on any atom is 0.326 e. The molecule has 0 aliphatic heterocycles. The van der Waals surface area contributed by atoms with Crippen LogP contribution in [0.25, 0.3) is 5.53 Å². The lowest BCUT2D eigenvalue weighted by atomic mass is 10.1. The number of aliphatic carboxylic acids is 1. The van der Waals surface area contributed by atoms with Gasteiger partial charge in [-0.25, -0.2) is 4.79 Å². The Morgan fingerprint density at radius 3 is 2.43 bits per heavy atom. The molecule has 2 N–H and O–H groups in total. The number of nitrogens with one attached hydrogen (secondary N) is 1. The van der Waals surface area contributed by atoms with Crippen molar-refractivity contribution < 1.29 is 29.1 Å². The number of ketones is 1. The van der Waals surface area contributed by atoms with Gasteiger partial charge in [0.25, 0.3) is 0 Å². The lowest BCUT2D eigenvalue weighted by Gasteiger charge is -2.18. The van der Waals surface area contributed by atoms with Crippen LogP contribution in [0, 0.1) is 0 Å². The van der Waals surface area contributed by atoms with Crippen LogP contribution in [0.5, 0.6) is 0 Å². The number of hydrogen-bond acceptors (Lipinski definition) is 6. The molecule has 8 nitrogen and oxygen atoms in total. The zero-order chi connectivity index (χ0) is 17.8. The first-order chi connectivity index (χ1) is 10.8. The van der Waals surface area contributed by atoms with E-state index in [1.165, 1.54) is 18.7 Å². The summed E-state index contributed by atoms with van der Waals surface area (Å²) < 4.78 is 0. The highest BCUT2D eigenvalue weighted by molar-refractivity contribution is 8.14. The number of rotatable bonds is 11. The molecule has 0 aromatic rings. The zero-order valence-electron chi connectivity index (χ0n) is 12.9. The van der Waals surface area contributed by atoms with Crippen molar-refractivity contribution in [3.05, 3.63) is 5.53 Å². The smallest absolute Gasteiger partial charge is 0.326 e. The first kappa shape index (κ1) is 21.4. The Hall–Kier alpha value is -1.64. The molecule has 23 heavy (non-hydrogen) atoms. The van der Waals surface area contributed by atoms with E-state index in [4.69, 9.17) is 10.6 Å². The highest BCUT2D eigenvalue weighted by Gasteiger charge is 2.27. The maximum atomic E-state index is 12.2. The summed E-state index contributed by atoms with van der Waals surface area (Å²) in [6, 6.07) is -1.25. The minimum absolute atomic E-state index is 0.133. The molecule has 0 bridgehead atoms. The molecule has 0 rings (SSSR count). The third kappa shape index (κ3) is 9.88. The number of carboxylic acids is 1. The third-order valence-electron chi connectivity index (χ3n) is 2.68.